The van der Waals surface area contributed by atoms with Crippen molar-refractivity contribution in [2.75, 3.05) is 6.54 Å². The average Bonchev–Trinajstić information content (AvgIpc) is 2.60. The van der Waals surface area contributed by atoms with Crippen LogP contribution in [0.15, 0.2) is 16.6 Å². The molecule has 0 saturated carbocycles. The molecule has 15 heavy (non-hydrogen) atoms. The van der Waals surface area contributed by atoms with E-state index in [9.17, 15) is 0 Å². The first-order chi connectivity index (χ1) is 7.11. The van der Waals surface area contributed by atoms with Crippen molar-refractivity contribution in [3.63, 3.8) is 0 Å². The lowest BCUT2D eigenvalue weighted by molar-refractivity contribution is 0.727. The van der Waals surface area contributed by atoms with Crippen molar-refractivity contribution in [1.82, 2.24) is 9.97 Å². The molecule has 1 heterocycles. The molecule has 0 bridgehead atoms. The van der Waals surface area contributed by atoms with Gasteiger partial charge in [-0.05, 0) is 24.6 Å². The molecule has 4 heteroatoms. The third-order valence-corrected chi connectivity index (χ3v) is 3.04. The van der Waals surface area contributed by atoms with Gasteiger partial charge in [0.2, 0.25) is 0 Å². The monoisotopic (exact) mass is 267 g/mol. The molecule has 1 atom stereocenters. The van der Waals surface area contributed by atoms with Crippen molar-refractivity contribution in [3.8, 4) is 0 Å². The first kappa shape index (κ1) is 10.6. The number of nitrogens with zero attached hydrogens (tertiary/aromatic N) is 1. The number of nitrogens with two attached hydrogens (primary N) is 1. The van der Waals surface area contributed by atoms with E-state index in [1.165, 1.54) is 5.56 Å². The zero-order chi connectivity index (χ0) is 11.0. The number of aromatic nitrogens is 2. The zero-order valence-corrected chi connectivity index (χ0v) is 10.4. The molecule has 1 aromatic heterocycles. The van der Waals surface area contributed by atoms with Crippen LogP contribution in [0.1, 0.15) is 24.2 Å². The van der Waals surface area contributed by atoms with Crippen LogP contribution in [-0.4, -0.2) is 16.5 Å². The molecular weight excluding hydrogens is 254 g/mol. The summed E-state index contributed by atoms with van der Waals surface area (Å²) in [5.74, 6) is 1.24. The number of hydrogen-bond donors (Lipinski definition) is 2. The van der Waals surface area contributed by atoms with Crippen LogP contribution < -0.4 is 5.73 Å². The van der Waals surface area contributed by atoms with Gasteiger partial charge in [-0.25, -0.2) is 4.98 Å². The second-order valence-corrected chi connectivity index (χ2v) is 4.79. The first-order valence-corrected chi connectivity index (χ1v) is 5.77. The molecule has 80 valence electrons. The van der Waals surface area contributed by atoms with Gasteiger partial charge in [0.15, 0.2) is 0 Å². The number of benzene rings is 1. The largest absolute Gasteiger partial charge is 0.342 e. The number of imidazole rings is 1. The summed E-state index contributed by atoms with van der Waals surface area (Å²) < 4.78 is 1.07. The van der Waals surface area contributed by atoms with Crippen LogP contribution in [0.2, 0.25) is 0 Å². The Kier molecular flexibility index (Phi) is 2.80. The summed E-state index contributed by atoms with van der Waals surface area (Å²) in [4.78, 5) is 7.87. The summed E-state index contributed by atoms with van der Waals surface area (Å²) in [6.45, 7) is 4.74. The molecule has 2 aromatic rings. The van der Waals surface area contributed by atoms with Crippen LogP contribution in [0.3, 0.4) is 0 Å². The number of halogens is 1. The van der Waals surface area contributed by atoms with Gasteiger partial charge in [-0.15, -0.1) is 0 Å². The highest BCUT2D eigenvalue weighted by Gasteiger charge is 2.10. The Hall–Kier alpha value is -0.870. The molecule has 0 aliphatic heterocycles. The number of H-pyrrole nitrogens is 1. The molecule has 1 unspecified atom stereocenters. The fraction of sp³-hybridized carbons (Fsp3) is 0.364. The highest BCUT2D eigenvalue weighted by molar-refractivity contribution is 9.10. The second-order valence-electron chi connectivity index (χ2n) is 3.88. The SMILES string of the molecule is Cc1cc(Br)cc2[nH]c(C(C)CN)nc12. The number of hydrogen-bond acceptors (Lipinski definition) is 2. The van der Waals surface area contributed by atoms with Crippen molar-refractivity contribution < 1.29 is 0 Å². The Bertz CT molecular complexity index is 490. The minimum absolute atomic E-state index is 0.274. The van der Waals surface area contributed by atoms with Crippen molar-refractivity contribution >= 4 is 27.0 Å². The van der Waals surface area contributed by atoms with Gasteiger partial charge in [-0.3, -0.25) is 0 Å². The summed E-state index contributed by atoms with van der Waals surface area (Å²) in [6.07, 6.45) is 0. The van der Waals surface area contributed by atoms with E-state index in [1.807, 2.05) is 6.07 Å². The highest BCUT2D eigenvalue weighted by Crippen LogP contribution is 2.24. The van der Waals surface area contributed by atoms with Gasteiger partial charge in [0.25, 0.3) is 0 Å². The molecule has 1 aromatic carbocycles. The van der Waals surface area contributed by atoms with Crippen LogP contribution in [0.4, 0.5) is 0 Å². The van der Waals surface area contributed by atoms with Gasteiger partial charge in [0, 0.05) is 16.9 Å². The molecule has 0 fully saturated rings. The molecule has 0 amide bonds. The fourth-order valence-corrected chi connectivity index (χ4v) is 2.18. The van der Waals surface area contributed by atoms with E-state index in [2.05, 4.69) is 45.8 Å². The fourth-order valence-electron chi connectivity index (χ4n) is 1.61. The van der Waals surface area contributed by atoms with E-state index < -0.39 is 0 Å². The van der Waals surface area contributed by atoms with Crippen LogP contribution in [0.25, 0.3) is 11.0 Å². The van der Waals surface area contributed by atoms with Crippen LogP contribution >= 0.6 is 15.9 Å². The van der Waals surface area contributed by atoms with E-state index in [-0.39, 0.29) is 5.92 Å². The molecule has 0 saturated heterocycles. The number of aromatic amines is 1. The van der Waals surface area contributed by atoms with Gasteiger partial charge in [0.05, 0.1) is 11.0 Å². The quantitative estimate of drug-likeness (QED) is 0.879. The maximum atomic E-state index is 5.62. The molecular formula is C11H14BrN3. The van der Waals surface area contributed by atoms with E-state index in [4.69, 9.17) is 5.73 Å². The lowest BCUT2D eigenvalue weighted by Crippen LogP contribution is -2.10. The van der Waals surface area contributed by atoms with Crippen molar-refractivity contribution in [1.29, 1.82) is 0 Å². The second kappa shape index (κ2) is 3.94. The first-order valence-electron chi connectivity index (χ1n) is 4.97. The predicted octanol–water partition coefficient (Wildman–Crippen LogP) is 2.70. The Balaban J connectivity index is 2.60. The van der Waals surface area contributed by atoms with Gasteiger partial charge >= 0.3 is 0 Å². The zero-order valence-electron chi connectivity index (χ0n) is 8.84. The third-order valence-electron chi connectivity index (χ3n) is 2.58. The smallest absolute Gasteiger partial charge is 0.111 e. The number of aryl methyl sites for hydroxylation is 1. The summed E-state index contributed by atoms with van der Waals surface area (Å²) in [5.41, 5.74) is 8.90. The van der Waals surface area contributed by atoms with Crippen molar-refractivity contribution in [2.45, 2.75) is 19.8 Å². The highest BCUT2D eigenvalue weighted by atomic mass is 79.9. The molecule has 0 spiro atoms. The predicted molar refractivity (Wildman–Crippen MR) is 66.0 cm³/mol. The maximum Gasteiger partial charge on any atom is 0.111 e. The number of fused-ring (bicyclic) bond motifs is 1. The lowest BCUT2D eigenvalue weighted by Gasteiger charge is -2.01. The molecule has 3 nitrogen and oxygen atoms in total. The van der Waals surface area contributed by atoms with Crippen LogP contribution in [-0.2, 0) is 0 Å². The molecule has 0 aliphatic carbocycles. The third kappa shape index (κ3) is 1.92. The Morgan fingerprint density at radius 1 is 1.53 bits per heavy atom. The van der Waals surface area contributed by atoms with Gasteiger partial charge < -0.3 is 10.7 Å². The van der Waals surface area contributed by atoms with Gasteiger partial charge in [0.1, 0.15) is 5.82 Å². The standard InChI is InChI=1S/C11H14BrN3/c1-6-3-8(12)4-9-10(6)15-11(14-9)7(2)5-13/h3-4,7H,5,13H2,1-2H3,(H,14,15). The lowest BCUT2D eigenvalue weighted by atomic mass is 10.2. The van der Waals surface area contributed by atoms with E-state index in [1.54, 1.807) is 0 Å². The Labute approximate surface area is 97.2 Å². The normalized spacial score (nSPS) is 13.3. The molecule has 3 N–H and O–H groups in total. The Morgan fingerprint density at radius 3 is 2.93 bits per heavy atom. The molecule has 2 rings (SSSR count). The van der Waals surface area contributed by atoms with Crippen LogP contribution in [0, 0.1) is 6.92 Å². The Morgan fingerprint density at radius 2 is 2.27 bits per heavy atom. The number of nitrogens with one attached hydrogen (secondary N) is 1. The minimum atomic E-state index is 0.274. The summed E-state index contributed by atoms with van der Waals surface area (Å²) >= 11 is 3.47. The number of rotatable bonds is 2. The summed E-state index contributed by atoms with van der Waals surface area (Å²) in [6, 6.07) is 4.11. The minimum Gasteiger partial charge on any atom is -0.342 e. The van der Waals surface area contributed by atoms with E-state index in [0.29, 0.717) is 6.54 Å². The van der Waals surface area contributed by atoms with Crippen molar-refractivity contribution in [2.24, 2.45) is 5.73 Å². The average molecular weight is 268 g/mol. The maximum absolute atomic E-state index is 5.62. The summed E-state index contributed by atoms with van der Waals surface area (Å²) in [5, 5.41) is 0. The summed E-state index contributed by atoms with van der Waals surface area (Å²) in [7, 11) is 0. The van der Waals surface area contributed by atoms with E-state index in [0.717, 1.165) is 21.3 Å². The topological polar surface area (TPSA) is 54.7 Å². The molecule has 0 aliphatic rings. The van der Waals surface area contributed by atoms with Crippen LogP contribution in [0.5, 0.6) is 0 Å². The van der Waals surface area contributed by atoms with Crippen molar-refractivity contribution in [3.05, 3.63) is 28.0 Å². The van der Waals surface area contributed by atoms with Gasteiger partial charge in [-0.2, -0.15) is 0 Å². The van der Waals surface area contributed by atoms with E-state index >= 15 is 0 Å². The molecule has 0 radical (unpaired) electrons. The van der Waals surface area contributed by atoms with Gasteiger partial charge in [-0.1, -0.05) is 22.9 Å².